The van der Waals surface area contributed by atoms with Gasteiger partial charge in [0, 0.05) is 32.1 Å². The van der Waals surface area contributed by atoms with E-state index >= 15 is 0 Å². The van der Waals surface area contributed by atoms with Crippen molar-refractivity contribution < 1.29 is 18.0 Å². The van der Waals surface area contributed by atoms with Crippen molar-refractivity contribution in [3.05, 3.63) is 65.2 Å². The third-order valence-electron chi connectivity index (χ3n) is 5.54. The van der Waals surface area contributed by atoms with Crippen molar-refractivity contribution in [2.24, 2.45) is 0 Å². The molecule has 1 fully saturated rings. The van der Waals surface area contributed by atoms with Gasteiger partial charge in [-0.1, -0.05) is 30.3 Å². The number of sulfonamides is 1. The van der Waals surface area contributed by atoms with Crippen LogP contribution in [0, 0.1) is 0 Å². The van der Waals surface area contributed by atoms with Gasteiger partial charge in [0.05, 0.1) is 11.4 Å². The largest absolute Gasteiger partial charge is 0.357 e. The zero-order valence-electron chi connectivity index (χ0n) is 16.2. The topological polar surface area (TPSA) is 86.8 Å². The SMILES string of the molecule is CNC(=O)C1Cc2ccccc2CN1C(=O)c1cccc(N2CCCS2(=O)=O)c1. The third-order valence-corrected chi connectivity index (χ3v) is 7.41. The van der Waals surface area contributed by atoms with E-state index in [0.717, 1.165) is 11.1 Å². The van der Waals surface area contributed by atoms with Crippen LogP contribution in [0.3, 0.4) is 0 Å². The van der Waals surface area contributed by atoms with Crippen LogP contribution in [0.4, 0.5) is 5.69 Å². The van der Waals surface area contributed by atoms with E-state index in [1.54, 1.807) is 36.2 Å². The molecule has 152 valence electrons. The van der Waals surface area contributed by atoms with Gasteiger partial charge < -0.3 is 10.2 Å². The van der Waals surface area contributed by atoms with Crippen LogP contribution < -0.4 is 9.62 Å². The molecule has 0 bridgehead atoms. The molecule has 29 heavy (non-hydrogen) atoms. The minimum atomic E-state index is -3.33. The molecule has 8 heteroatoms. The molecule has 1 unspecified atom stereocenters. The average Bonchev–Trinajstić information content (AvgIpc) is 3.10. The average molecular weight is 413 g/mol. The quantitative estimate of drug-likeness (QED) is 0.827. The maximum atomic E-state index is 13.3. The van der Waals surface area contributed by atoms with Crippen molar-refractivity contribution in [2.75, 3.05) is 23.7 Å². The number of likely N-dealkylation sites (N-methyl/N-ethyl adjacent to an activating group) is 1. The molecule has 2 aromatic carbocycles. The standard InChI is InChI=1S/C21H23N3O4S/c1-22-20(25)19-13-15-6-2-3-7-17(15)14-23(19)21(26)16-8-4-9-18(12-16)24-10-5-11-29(24,27)28/h2-4,6-9,12,19H,5,10-11,13-14H2,1H3,(H,22,25). The molecule has 2 aliphatic heterocycles. The maximum absolute atomic E-state index is 13.3. The number of carbonyl (C=O) groups is 2. The lowest BCUT2D eigenvalue weighted by Crippen LogP contribution is -2.51. The third kappa shape index (κ3) is 3.60. The Bertz CT molecular complexity index is 1070. The Morgan fingerprint density at radius 2 is 1.83 bits per heavy atom. The summed E-state index contributed by atoms with van der Waals surface area (Å²) in [6.07, 6.45) is 1.02. The van der Waals surface area contributed by atoms with E-state index in [1.165, 1.54) is 4.31 Å². The first-order valence-corrected chi connectivity index (χ1v) is 11.2. The second-order valence-electron chi connectivity index (χ2n) is 7.33. The van der Waals surface area contributed by atoms with Crippen LogP contribution in [0.2, 0.25) is 0 Å². The second kappa shape index (κ2) is 7.51. The van der Waals surface area contributed by atoms with Gasteiger partial charge in [-0.3, -0.25) is 13.9 Å². The van der Waals surface area contributed by atoms with Crippen molar-refractivity contribution in [2.45, 2.75) is 25.4 Å². The molecule has 0 spiro atoms. The van der Waals surface area contributed by atoms with Gasteiger partial charge in [-0.2, -0.15) is 0 Å². The number of anilines is 1. The minimum absolute atomic E-state index is 0.118. The summed E-state index contributed by atoms with van der Waals surface area (Å²) in [5, 5.41) is 2.65. The fourth-order valence-corrected chi connectivity index (χ4v) is 5.58. The summed E-state index contributed by atoms with van der Waals surface area (Å²) in [6.45, 7) is 0.747. The molecular formula is C21H23N3O4S. The molecular weight excluding hydrogens is 390 g/mol. The lowest BCUT2D eigenvalue weighted by atomic mass is 9.92. The fraction of sp³-hybridized carbons (Fsp3) is 0.333. The molecule has 0 saturated carbocycles. The predicted molar refractivity (Wildman–Crippen MR) is 110 cm³/mol. The Morgan fingerprint density at radius 3 is 2.52 bits per heavy atom. The lowest BCUT2D eigenvalue weighted by Gasteiger charge is -2.36. The summed E-state index contributed by atoms with van der Waals surface area (Å²) in [5.41, 5.74) is 2.93. The highest BCUT2D eigenvalue weighted by atomic mass is 32.2. The molecule has 0 aromatic heterocycles. The highest BCUT2D eigenvalue weighted by Gasteiger charge is 2.35. The first kappa shape index (κ1) is 19.4. The summed E-state index contributed by atoms with van der Waals surface area (Å²) < 4.78 is 25.8. The van der Waals surface area contributed by atoms with Gasteiger partial charge in [0.1, 0.15) is 6.04 Å². The Kier molecular flexibility index (Phi) is 5.04. The first-order valence-electron chi connectivity index (χ1n) is 9.60. The number of carbonyl (C=O) groups excluding carboxylic acids is 2. The molecule has 7 nitrogen and oxygen atoms in total. The fourth-order valence-electron chi connectivity index (χ4n) is 4.03. The molecule has 2 heterocycles. The molecule has 1 atom stereocenters. The molecule has 2 amide bonds. The molecule has 2 aliphatic rings. The lowest BCUT2D eigenvalue weighted by molar-refractivity contribution is -0.125. The van der Waals surface area contributed by atoms with Crippen LogP contribution in [0.1, 0.15) is 27.9 Å². The Labute approximate surface area is 170 Å². The number of benzene rings is 2. The minimum Gasteiger partial charge on any atom is -0.357 e. The molecule has 2 aromatic rings. The maximum Gasteiger partial charge on any atom is 0.254 e. The van der Waals surface area contributed by atoms with Gasteiger partial charge in [0.2, 0.25) is 15.9 Å². The Hall–Kier alpha value is -2.87. The zero-order chi connectivity index (χ0) is 20.6. The Balaban J connectivity index is 1.67. The normalized spacial score (nSPS) is 20.2. The second-order valence-corrected chi connectivity index (χ2v) is 9.34. The summed E-state index contributed by atoms with van der Waals surface area (Å²) >= 11 is 0. The van der Waals surface area contributed by atoms with Crippen LogP contribution in [0.5, 0.6) is 0 Å². The zero-order valence-corrected chi connectivity index (χ0v) is 17.0. The van der Waals surface area contributed by atoms with E-state index in [2.05, 4.69) is 5.32 Å². The summed E-state index contributed by atoms with van der Waals surface area (Å²) in [5.74, 6) is -0.384. The number of rotatable bonds is 3. The van der Waals surface area contributed by atoms with Crippen molar-refractivity contribution in [1.29, 1.82) is 0 Å². The van der Waals surface area contributed by atoms with Crippen LogP contribution >= 0.6 is 0 Å². The number of hydrogen-bond donors (Lipinski definition) is 1. The van der Waals surface area contributed by atoms with E-state index < -0.39 is 16.1 Å². The summed E-state index contributed by atoms with van der Waals surface area (Å²) in [7, 11) is -1.77. The highest BCUT2D eigenvalue weighted by molar-refractivity contribution is 7.93. The summed E-state index contributed by atoms with van der Waals surface area (Å²) in [4.78, 5) is 27.4. The van der Waals surface area contributed by atoms with Crippen LogP contribution in [-0.4, -0.2) is 50.5 Å². The molecule has 1 saturated heterocycles. The van der Waals surface area contributed by atoms with Crippen LogP contribution in [0.25, 0.3) is 0 Å². The van der Waals surface area contributed by atoms with Gasteiger partial charge in [-0.15, -0.1) is 0 Å². The van der Waals surface area contributed by atoms with E-state index in [9.17, 15) is 18.0 Å². The first-order chi connectivity index (χ1) is 13.9. The molecule has 0 aliphatic carbocycles. The molecule has 4 rings (SSSR count). The van der Waals surface area contributed by atoms with Crippen molar-refractivity contribution in [3.63, 3.8) is 0 Å². The van der Waals surface area contributed by atoms with Gasteiger partial charge in [0.15, 0.2) is 0 Å². The number of nitrogens with one attached hydrogen (secondary N) is 1. The predicted octanol–water partition coefficient (Wildman–Crippen LogP) is 1.54. The van der Waals surface area contributed by atoms with Gasteiger partial charge in [-0.25, -0.2) is 8.42 Å². The van der Waals surface area contributed by atoms with E-state index in [4.69, 9.17) is 0 Å². The monoisotopic (exact) mass is 413 g/mol. The van der Waals surface area contributed by atoms with Gasteiger partial charge >= 0.3 is 0 Å². The van der Waals surface area contributed by atoms with Crippen LogP contribution in [-0.2, 0) is 27.8 Å². The highest BCUT2D eigenvalue weighted by Crippen LogP contribution is 2.28. The van der Waals surface area contributed by atoms with Crippen molar-refractivity contribution >= 4 is 27.5 Å². The number of fused-ring (bicyclic) bond motifs is 1. The summed E-state index contributed by atoms with van der Waals surface area (Å²) in [6, 6.07) is 13.8. The van der Waals surface area contributed by atoms with Gasteiger partial charge in [-0.05, 0) is 35.7 Å². The van der Waals surface area contributed by atoms with E-state index in [1.807, 2.05) is 24.3 Å². The van der Waals surface area contributed by atoms with E-state index in [0.29, 0.717) is 37.2 Å². The molecule has 1 N–H and O–H groups in total. The van der Waals surface area contributed by atoms with Crippen LogP contribution in [0.15, 0.2) is 48.5 Å². The number of nitrogens with zero attached hydrogens (tertiary/aromatic N) is 2. The smallest absolute Gasteiger partial charge is 0.254 e. The number of amides is 2. The number of hydrogen-bond acceptors (Lipinski definition) is 4. The van der Waals surface area contributed by atoms with Crippen molar-refractivity contribution in [1.82, 2.24) is 10.2 Å². The molecule has 0 radical (unpaired) electrons. The van der Waals surface area contributed by atoms with Crippen molar-refractivity contribution in [3.8, 4) is 0 Å². The van der Waals surface area contributed by atoms with Gasteiger partial charge in [0.25, 0.3) is 5.91 Å². The Morgan fingerprint density at radius 1 is 1.07 bits per heavy atom. The van der Waals surface area contributed by atoms with E-state index in [-0.39, 0.29) is 17.6 Å².